The number of aromatic nitrogens is 4. The minimum atomic E-state index is -4.68. The second kappa shape index (κ2) is 6.08. The van der Waals surface area contributed by atoms with Gasteiger partial charge in [0.1, 0.15) is 28.8 Å². The molecule has 9 heteroatoms. The summed E-state index contributed by atoms with van der Waals surface area (Å²) in [4.78, 5) is 24.0. The molecule has 0 unspecified atom stereocenters. The lowest BCUT2D eigenvalue weighted by Crippen LogP contribution is -2.28. The Hall–Kier alpha value is -2.97. The van der Waals surface area contributed by atoms with Gasteiger partial charge in [-0.25, -0.2) is 24.3 Å². The highest BCUT2D eigenvalue weighted by Crippen LogP contribution is 2.37. The maximum absolute atomic E-state index is 13.4. The molecule has 3 rings (SSSR count). The van der Waals surface area contributed by atoms with E-state index in [0.717, 1.165) is 10.9 Å². The van der Waals surface area contributed by atoms with E-state index in [1.54, 1.807) is 32.9 Å². The van der Waals surface area contributed by atoms with Gasteiger partial charge >= 0.3 is 12.3 Å². The van der Waals surface area contributed by atoms with Gasteiger partial charge in [0.05, 0.1) is 5.69 Å². The number of halogens is 3. The fraction of sp³-hybridized carbons (Fsp3) is 0.294. The number of nitrogens with zero attached hydrogens (tertiary/aromatic N) is 4. The Morgan fingerprint density at radius 3 is 2.58 bits per heavy atom. The summed E-state index contributed by atoms with van der Waals surface area (Å²) in [5.74, 6) is 0. The molecule has 0 atom stereocenters. The van der Waals surface area contributed by atoms with Crippen LogP contribution in [0.15, 0.2) is 36.9 Å². The van der Waals surface area contributed by atoms with Crippen molar-refractivity contribution in [1.29, 1.82) is 0 Å². The molecule has 26 heavy (non-hydrogen) atoms. The van der Waals surface area contributed by atoms with Crippen LogP contribution in [0.3, 0.4) is 0 Å². The largest absolute Gasteiger partial charge is 0.443 e. The van der Waals surface area contributed by atoms with E-state index < -0.39 is 29.1 Å². The quantitative estimate of drug-likeness (QED) is 0.644. The summed E-state index contributed by atoms with van der Waals surface area (Å²) < 4.78 is 46.5. The first-order chi connectivity index (χ1) is 12.1. The minimum Gasteiger partial charge on any atom is -0.443 e. The van der Waals surface area contributed by atoms with Crippen molar-refractivity contribution in [2.75, 3.05) is 0 Å². The molecule has 136 valence electrons. The van der Waals surface area contributed by atoms with Gasteiger partial charge in [-0.3, -0.25) is 0 Å². The number of alkyl halides is 3. The maximum Gasteiger partial charge on any atom is 0.420 e. The fourth-order valence-electron chi connectivity index (χ4n) is 2.44. The van der Waals surface area contributed by atoms with E-state index in [4.69, 9.17) is 4.74 Å². The van der Waals surface area contributed by atoms with Crippen LogP contribution in [0.1, 0.15) is 26.3 Å². The minimum absolute atomic E-state index is 0.0670. The number of carbonyl (C=O) groups is 1. The lowest BCUT2D eigenvalue weighted by atomic mass is 10.1. The first kappa shape index (κ1) is 17.8. The Morgan fingerprint density at radius 1 is 1.19 bits per heavy atom. The molecule has 6 nitrogen and oxygen atoms in total. The third kappa shape index (κ3) is 3.37. The zero-order valence-electron chi connectivity index (χ0n) is 14.2. The van der Waals surface area contributed by atoms with Gasteiger partial charge in [-0.05, 0) is 39.0 Å². The van der Waals surface area contributed by atoms with E-state index in [0.29, 0.717) is 11.6 Å². The van der Waals surface area contributed by atoms with Crippen LogP contribution in [-0.4, -0.2) is 31.2 Å². The number of hydrogen-bond acceptors (Lipinski definition) is 5. The second-order valence-electron chi connectivity index (χ2n) is 6.54. The highest BCUT2D eigenvalue weighted by atomic mass is 19.4. The standard InChI is InChI=1S/C17H15F3N4O2/c1-16(2,3)26-15(25)24-12(7-10-5-4-6-22-14(10)24)13-11(17(18,19)20)8-21-9-23-13/h4-9H,1-3H3. The summed E-state index contributed by atoms with van der Waals surface area (Å²) in [6.45, 7) is 4.99. The van der Waals surface area contributed by atoms with Gasteiger partial charge in [-0.15, -0.1) is 0 Å². The molecular weight excluding hydrogens is 349 g/mol. The predicted octanol–water partition coefficient (Wildman–Crippen LogP) is 4.30. The van der Waals surface area contributed by atoms with Crippen LogP contribution < -0.4 is 0 Å². The highest BCUT2D eigenvalue weighted by molar-refractivity contribution is 5.94. The maximum atomic E-state index is 13.4. The van der Waals surface area contributed by atoms with Crippen LogP contribution in [0.5, 0.6) is 0 Å². The first-order valence-electron chi connectivity index (χ1n) is 7.65. The Kier molecular flexibility index (Phi) is 4.17. The molecule has 0 radical (unpaired) electrons. The van der Waals surface area contributed by atoms with Crippen LogP contribution in [0.2, 0.25) is 0 Å². The van der Waals surface area contributed by atoms with Crippen molar-refractivity contribution in [3.8, 4) is 11.4 Å². The van der Waals surface area contributed by atoms with Crippen molar-refractivity contribution >= 4 is 17.1 Å². The van der Waals surface area contributed by atoms with Crippen LogP contribution >= 0.6 is 0 Å². The van der Waals surface area contributed by atoms with Crippen molar-refractivity contribution in [3.05, 3.63) is 42.5 Å². The van der Waals surface area contributed by atoms with Crippen LogP contribution in [0.4, 0.5) is 18.0 Å². The molecular formula is C17H15F3N4O2. The van der Waals surface area contributed by atoms with E-state index in [-0.39, 0.29) is 11.3 Å². The normalized spacial score (nSPS) is 12.4. The molecule has 3 aromatic heterocycles. The molecule has 0 bridgehead atoms. The highest BCUT2D eigenvalue weighted by Gasteiger charge is 2.37. The SMILES string of the molecule is CC(C)(C)OC(=O)n1c(-c2ncncc2C(F)(F)F)cc2cccnc21. The average Bonchev–Trinajstić information content (AvgIpc) is 2.92. The van der Waals surface area contributed by atoms with E-state index in [1.807, 2.05) is 0 Å². The number of rotatable bonds is 1. The third-order valence-electron chi connectivity index (χ3n) is 3.40. The lowest BCUT2D eigenvalue weighted by molar-refractivity contribution is -0.137. The molecule has 3 aromatic rings. The van der Waals surface area contributed by atoms with Crippen LogP contribution in [0, 0.1) is 0 Å². The van der Waals surface area contributed by atoms with E-state index in [9.17, 15) is 18.0 Å². The third-order valence-corrected chi connectivity index (χ3v) is 3.40. The van der Waals surface area contributed by atoms with Gasteiger partial charge < -0.3 is 4.74 Å². The molecule has 0 saturated carbocycles. The number of carbonyl (C=O) groups excluding carboxylic acids is 1. The van der Waals surface area contributed by atoms with Crippen molar-refractivity contribution in [2.45, 2.75) is 32.5 Å². The molecule has 0 aromatic carbocycles. The topological polar surface area (TPSA) is 69.9 Å². The Labute approximate surface area is 146 Å². The van der Waals surface area contributed by atoms with Crippen molar-refractivity contribution in [2.24, 2.45) is 0 Å². The van der Waals surface area contributed by atoms with Gasteiger partial charge in [0, 0.05) is 17.8 Å². The summed E-state index contributed by atoms with van der Waals surface area (Å²) >= 11 is 0. The average molecular weight is 364 g/mol. The molecule has 3 heterocycles. The van der Waals surface area contributed by atoms with E-state index in [2.05, 4.69) is 15.0 Å². The van der Waals surface area contributed by atoms with Crippen molar-refractivity contribution in [1.82, 2.24) is 19.5 Å². The molecule has 0 amide bonds. The molecule has 0 aliphatic rings. The molecule has 0 saturated heterocycles. The van der Waals surface area contributed by atoms with Crippen LogP contribution in [0.25, 0.3) is 22.4 Å². The number of ether oxygens (including phenoxy) is 1. The van der Waals surface area contributed by atoms with Gasteiger partial charge in [0.2, 0.25) is 0 Å². The number of fused-ring (bicyclic) bond motifs is 1. The Bertz CT molecular complexity index is 974. The summed E-state index contributed by atoms with van der Waals surface area (Å²) in [5, 5.41) is 0.486. The summed E-state index contributed by atoms with van der Waals surface area (Å²) in [6.07, 6.45) is -2.41. The summed E-state index contributed by atoms with van der Waals surface area (Å²) in [7, 11) is 0. The first-order valence-corrected chi connectivity index (χ1v) is 7.65. The predicted molar refractivity (Wildman–Crippen MR) is 87.4 cm³/mol. The van der Waals surface area contributed by atoms with Gasteiger partial charge in [-0.1, -0.05) is 0 Å². The zero-order valence-corrected chi connectivity index (χ0v) is 14.2. The van der Waals surface area contributed by atoms with Crippen LogP contribution in [-0.2, 0) is 10.9 Å². The van der Waals surface area contributed by atoms with Gasteiger partial charge in [-0.2, -0.15) is 13.2 Å². The number of pyridine rings is 1. The zero-order chi connectivity index (χ0) is 19.1. The molecule has 0 aliphatic carbocycles. The second-order valence-corrected chi connectivity index (χ2v) is 6.54. The van der Waals surface area contributed by atoms with Gasteiger partial charge in [0.15, 0.2) is 0 Å². The fourth-order valence-corrected chi connectivity index (χ4v) is 2.44. The monoisotopic (exact) mass is 364 g/mol. The van der Waals surface area contributed by atoms with E-state index in [1.165, 1.54) is 12.3 Å². The number of hydrogen-bond donors (Lipinski definition) is 0. The molecule has 0 spiro atoms. The Balaban J connectivity index is 2.28. The molecule has 0 fully saturated rings. The summed E-state index contributed by atoms with van der Waals surface area (Å²) in [5.41, 5.74) is -2.19. The molecule has 0 N–H and O–H groups in total. The van der Waals surface area contributed by atoms with Crippen molar-refractivity contribution < 1.29 is 22.7 Å². The Morgan fingerprint density at radius 2 is 1.92 bits per heavy atom. The van der Waals surface area contributed by atoms with Crippen molar-refractivity contribution in [3.63, 3.8) is 0 Å². The summed E-state index contributed by atoms with van der Waals surface area (Å²) in [6, 6.07) is 4.68. The molecule has 0 aliphatic heterocycles. The van der Waals surface area contributed by atoms with Gasteiger partial charge in [0.25, 0.3) is 0 Å². The smallest absolute Gasteiger partial charge is 0.420 e. The lowest BCUT2D eigenvalue weighted by Gasteiger charge is -2.21. The van der Waals surface area contributed by atoms with E-state index >= 15 is 0 Å².